The number of carbonyl (C=O) groups is 1. The summed E-state index contributed by atoms with van der Waals surface area (Å²) >= 11 is 0. The predicted molar refractivity (Wildman–Crippen MR) is 116 cm³/mol. The van der Waals surface area contributed by atoms with Gasteiger partial charge in [0.2, 0.25) is 0 Å². The Bertz CT molecular complexity index is 1200. The summed E-state index contributed by atoms with van der Waals surface area (Å²) in [6.45, 7) is 0. The number of anilines is 2. The lowest BCUT2D eigenvalue weighted by atomic mass is 9.57. The standard InChI is InChI=1S/C27H19NO/c1-28-24-16-8-6-14-22(24)27(23-15-7-9-17-25(23)28)20-12-4-2-10-18(20)26(29)19-11-3-5-13-21(19)27/h2-17H,1H3. The van der Waals surface area contributed by atoms with Crippen LogP contribution in [-0.2, 0) is 5.41 Å². The molecular weight excluding hydrogens is 354 g/mol. The molecule has 0 unspecified atom stereocenters. The minimum atomic E-state index is -0.513. The van der Waals surface area contributed by atoms with Crippen LogP contribution in [0.4, 0.5) is 11.4 Å². The normalized spacial score (nSPS) is 15.3. The zero-order valence-electron chi connectivity index (χ0n) is 16.1. The van der Waals surface area contributed by atoms with E-state index in [1.165, 1.54) is 22.5 Å². The summed E-state index contributed by atoms with van der Waals surface area (Å²) < 4.78 is 0. The first-order valence-corrected chi connectivity index (χ1v) is 9.91. The molecule has 2 heteroatoms. The van der Waals surface area contributed by atoms with E-state index in [9.17, 15) is 4.79 Å². The van der Waals surface area contributed by atoms with Crippen LogP contribution in [0.25, 0.3) is 0 Å². The number of rotatable bonds is 0. The Morgan fingerprint density at radius 3 is 1.41 bits per heavy atom. The van der Waals surface area contributed by atoms with Crippen LogP contribution in [0.5, 0.6) is 0 Å². The van der Waals surface area contributed by atoms with Crippen molar-refractivity contribution >= 4 is 17.2 Å². The Morgan fingerprint density at radius 2 is 0.931 bits per heavy atom. The Morgan fingerprint density at radius 1 is 0.552 bits per heavy atom. The smallest absolute Gasteiger partial charge is 0.193 e. The maximum atomic E-state index is 13.4. The van der Waals surface area contributed by atoms with Gasteiger partial charge in [-0.05, 0) is 34.4 Å². The Balaban J connectivity index is 1.89. The Hall–Kier alpha value is -3.65. The first-order chi connectivity index (χ1) is 14.2. The van der Waals surface area contributed by atoms with Crippen LogP contribution in [0.3, 0.4) is 0 Å². The topological polar surface area (TPSA) is 20.3 Å². The molecule has 0 radical (unpaired) electrons. The summed E-state index contributed by atoms with van der Waals surface area (Å²) in [6.07, 6.45) is 0. The molecule has 2 aliphatic rings. The van der Waals surface area contributed by atoms with Crippen molar-refractivity contribution in [1.82, 2.24) is 0 Å². The third-order valence-corrected chi connectivity index (χ3v) is 6.49. The summed E-state index contributed by atoms with van der Waals surface area (Å²) in [6, 6.07) is 33.4. The highest BCUT2D eigenvalue weighted by Crippen LogP contribution is 2.58. The zero-order chi connectivity index (χ0) is 19.6. The van der Waals surface area contributed by atoms with Crippen LogP contribution in [0.15, 0.2) is 97.1 Å². The molecule has 1 aliphatic carbocycles. The molecule has 0 saturated carbocycles. The van der Waals surface area contributed by atoms with E-state index in [1.807, 2.05) is 36.4 Å². The average molecular weight is 373 g/mol. The molecule has 1 aliphatic heterocycles. The molecule has 4 aromatic carbocycles. The molecule has 0 fully saturated rings. The fourth-order valence-electron chi connectivity index (χ4n) is 5.33. The van der Waals surface area contributed by atoms with Gasteiger partial charge in [-0.1, -0.05) is 84.9 Å². The second-order valence-corrected chi connectivity index (χ2v) is 7.76. The number of carbonyl (C=O) groups excluding carboxylic acids is 1. The summed E-state index contributed by atoms with van der Waals surface area (Å²) in [5.41, 5.74) is 7.98. The average Bonchev–Trinajstić information content (AvgIpc) is 2.79. The van der Waals surface area contributed by atoms with E-state index < -0.39 is 5.41 Å². The molecule has 29 heavy (non-hydrogen) atoms. The van der Waals surface area contributed by atoms with Crippen molar-refractivity contribution in [2.45, 2.75) is 5.41 Å². The third-order valence-electron chi connectivity index (χ3n) is 6.49. The van der Waals surface area contributed by atoms with Gasteiger partial charge in [0.15, 0.2) is 5.78 Å². The van der Waals surface area contributed by atoms with Gasteiger partial charge in [0.05, 0.1) is 5.41 Å². The van der Waals surface area contributed by atoms with Crippen molar-refractivity contribution in [3.8, 4) is 0 Å². The van der Waals surface area contributed by atoms with E-state index in [2.05, 4.69) is 72.6 Å². The number of benzene rings is 4. The molecule has 1 heterocycles. The summed E-state index contributed by atoms with van der Waals surface area (Å²) in [5.74, 6) is 0.107. The van der Waals surface area contributed by atoms with E-state index in [-0.39, 0.29) is 5.78 Å². The van der Waals surface area contributed by atoms with Crippen molar-refractivity contribution in [1.29, 1.82) is 0 Å². The molecular formula is C27H19NO. The lowest BCUT2D eigenvalue weighted by Gasteiger charge is -2.48. The number of para-hydroxylation sites is 2. The number of hydrogen-bond acceptors (Lipinski definition) is 2. The van der Waals surface area contributed by atoms with Gasteiger partial charge in [-0.25, -0.2) is 0 Å². The minimum absolute atomic E-state index is 0.107. The number of fused-ring (bicyclic) bond motifs is 8. The fourth-order valence-corrected chi connectivity index (χ4v) is 5.33. The lowest BCUT2D eigenvalue weighted by molar-refractivity contribution is 0.103. The molecule has 0 aromatic heterocycles. The van der Waals surface area contributed by atoms with Crippen molar-refractivity contribution in [3.05, 3.63) is 130 Å². The fraction of sp³-hybridized carbons (Fsp3) is 0.0741. The predicted octanol–water partition coefficient (Wildman–Crippen LogP) is 5.70. The van der Waals surface area contributed by atoms with Crippen molar-refractivity contribution < 1.29 is 4.79 Å². The zero-order valence-corrected chi connectivity index (χ0v) is 16.1. The van der Waals surface area contributed by atoms with Crippen molar-refractivity contribution in [2.75, 3.05) is 11.9 Å². The van der Waals surface area contributed by atoms with E-state index >= 15 is 0 Å². The molecule has 2 nitrogen and oxygen atoms in total. The van der Waals surface area contributed by atoms with Crippen LogP contribution >= 0.6 is 0 Å². The molecule has 0 bridgehead atoms. The second-order valence-electron chi connectivity index (χ2n) is 7.76. The van der Waals surface area contributed by atoms with Crippen LogP contribution < -0.4 is 4.90 Å². The van der Waals surface area contributed by atoms with Crippen molar-refractivity contribution in [2.24, 2.45) is 0 Å². The third kappa shape index (κ3) is 1.88. The Kier molecular flexibility index (Phi) is 3.20. The van der Waals surface area contributed by atoms with Crippen molar-refractivity contribution in [3.63, 3.8) is 0 Å². The molecule has 4 aromatic rings. The SMILES string of the molecule is CN1c2ccccc2C2(c3ccccc3C(=O)c3ccccc32)c2ccccc21. The molecule has 0 saturated heterocycles. The maximum absolute atomic E-state index is 13.4. The van der Waals surface area contributed by atoms with Gasteiger partial charge in [-0.3, -0.25) is 4.79 Å². The number of hydrogen-bond donors (Lipinski definition) is 0. The molecule has 138 valence electrons. The van der Waals surface area contributed by atoms with Gasteiger partial charge in [0.1, 0.15) is 0 Å². The summed E-state index contributed by atoms with van der Waals surface area (Å²) in [4.78, 5) is 15.7. The highest BCUT2D eigenvalue weighted by Gasteiger charge is 2.50. The monoisotopic (exact) mass is 373 g/mol. The molecule has 6 rings (SSSR count). The summed E-state index contributed by atoms with van der Waals surface area (Å²) in [5, 5.41) is 0. The highest BCUT2D eigenvalue weighted by atomic mass is 16.1. The number of ketones is 1. The first-order valence-electron chi connectivity index (χ1n) is 9.91. The van der Waals surface area contributed by atoms with E-state index in [4.69, 9.17) is 0 Å². The highest BCUT2D eigenvalue weighted by molar-refractivity contribution is 6.14. The van der Waals surface area contributed by atoms with Crippen LogP contribution in [-0.4, -0.2) is 12.8 Å². The minimum Gasteiger partial charge on any atom is -0.344 e. The van der Waals surface area contributed by atoms with Gasteiger partial charge < -0.3 is 4.90 Å². The van der Waals surface area contributed by atoms with Crippen LogP contribution in [0.2, 0.25) is 0 Å². The largest absolute Gasteiger partial charge is 0.344 e. The van der Waals surface area contributed by atoms with Gasteiger partial charge in [0, 0.05) is 29.5 Å². The van der Waals surface area contributed by atoms with Crippen LogP contribution in [0, 0.1) is 0 Å². The van der Waals surface area contributed by atoms with E-state index in [0.29, 0.717) is 0 Å². The van der Waals surface area contributed by atoms with Gasteiger partial charge in [-0.2, -0.15) is 0 Å². The van der Waals surface area contributed by atoms with Gasteiger partial charge in [0.25, 0.3) is 0 Å². The molecule has 1 spiro atoms. The molecule has 0 amide bonds. The van der Waals surface area contributed by atoms with E-state index in [1.54, 1.807) is 0 Å². The summed E-state index contributed by atoms with van der Waals surface area (Å²) in [7, 11) is 2.12. The molecule has 0 atom stereocenters. The Labute approximate surface area is 170 Å². The van der Waals surface area contributed by atoms with E-state index in [0.717, 1.165) is 22.3 Å². The van der Waals surface area contributed by atoms with Gasteiger partial charge in [-0.15, -0.1) is 0 Å². The lowest BCUT2D eigenvalue weighted by Crippen LogP contribution is -2.42. The number of nitrogens with zero attached hydrogens (tertiary/aromatic N) is 1. The van der Waals surface area contributed by atoms with Crippen LogP contribution in [0.1, 0.15) is 38.2 Å². The maximum Gasteiger partial charge on any atom is 0.193 e. The molecule has 0 N–H and O–H groups in total. The first kappa shape index (κ1) is 16.3. The van der Waals surface area contributed by atoms with Gasteiger partial charge >= 0.3 is 0 Å². The quantitative estimate of drug-likeness (QED) is 0.347. The second kappa shape index (κ2) is 5.68.